The normalized spacial score (nSPS) is 18.4. The smallest absolute Gasteiger partial charge is 0.237 e. The second-order valence-electron chi connectivity index (χ2n) is 7.58. The van der Waals surface area contributed by atoms with Crippen molar-refractivity contribution in [3.63, 3.8) is 0 Å². The summed E-state index contributed by atoms with van der Waals surface area (Å²) in [5.41, 5.74) is 2.41. The molecule has 1 fully saturated rings. The molecule has 1 spiro atoms. The second kappa shape index (κ2) is 7.84. The molecule has 1 aromatic carbocycles. The average Bonchev–Trinajstić information content (AvgIpc) is 2.75. The van der Waals surface area contributed by atoms with Gasteiger partial charge in [0, 0.05) is 30.6 Å². The largest absolute Gasteiger partial charge is 0.368 e. The molecule has 2 aromatic rings. The molecule has 0 aliphatic carbocycles. The first-order valence-corrected chi connectivity index (χ1v) is 11.8. The highest BCUT2D eigenvalue weighted by atomic mass is 32.2. The van der Waals surface area contributed by atoms with Gasteiger partial charge in [-0.15, -0.1) is 0 Å². The van der Waals surface area contributed by atoms with Crippen LogP contribution >= 0.6 is 0 Å². The molecule has 0 bridgehead atoms. The summed E-state index contributed by atoms with van der Waals surface area (Å²) in [6.07, 6.45) is 3.86. The van der Waals surface area contributed by atoms with E-state index in [-0.39, 0.29) is 11.7 Å². The lowest BCUT2D eigenvalue weighted by Crippen LogP contribution is -2.50. The van der Waals surface area contributed by atoms with Gasteiger partial charge >= 0.3 is 0 Å². The lowest BCUT2D eigenvalue weighted by atomic mass is 9.83. The molecular formula is C21H25N3O4S. The summed E-state index contributed by atoms with van der Waals surface area (Å²) in [7, 11) is -3.33. The Bertz CT molecular complexity index is 1000. The number of hydrogen-bond donors (Lipinski definition) is 0. The molecule has 2 aliphatic rings. The van der Waals surface area contributed by atoms with E-state index in [2.05, 4.69) is 4.98 Å². The zero-order valence-corrected chi connectivity index (χ0v) is 17.3. The fourth-order valence-corrected chi connectivity index (χ4v) is 4.78. The summed E-state index contributed by atoms with van der Waals surface area (Å²) in [5, 5.41) is 0. The van der Waals surface area contributed by atoms with Gasteiger partial charge in [0.05, 0.1) is 12.3 Å². The highest BCUT2D eigenvalue weighted by Crippen LogP contribution is 2.40. The van der Waals surface area contributed by atoms with Gasteiger partial charge in [-0.1, -0.05) is 37.3 Å². The number of benzene rings is 1. The van der Waals surface area contributed by atoms with Crippen molar-refractivity contribution >= 4 is 15.7 Å². The quantitative estimate of drug-likeness (QED) is 0.758. The van der Waals surface area contributed by atoms with Gasteiger partial charge in [-0.05, 0) is 24.8 Å². The van der Waals surface area contributed by atoms with E-state index in [4.69, 9.17) is 9.72 Å². The average molecular weight is 416 g/mol. The number of hydrogen-bond acceptors (Lipinski definition) is 6. The maximum Gasteiger partial charge on any atom is 0.237 e. The van der Waals surface area contributed by atoms with Gasteiger partial charge in [-0.2, -0.15) is 0 Å². The van der Waals surface area contributed by atoms with Crippen LogP contribution in [0.2, 0.25) is 0 Å². The number of ether oxygens (including phenoxy) is 1. The van der Waals surface area contributed by atoms with Crippen molar-refractivity contribution in [2.24, 2.45) is 0 Å². The Morgan fingerprint density at radius 2 is 1.93 bits per heavy atom. The van der Waals surface area contributed by atoms with Crippen LogP contribution in [-0.4, -0.2) is 60.4 Å². The van der Waals surface area contributed by atoms with Gasteiger partial charge in [-0.25, -0.2) is 18.4 Å². The van der Waals surface area contributed by atoms with Gasteiger partial charge in [0.2, 0.25) is 5.91 Å². The molecule has 154 valence electrons. The highest BCUT2D eigenvalue weighted by Gasteiger charge is 2.43. The molecule has 29 heavy (non-hydrogen) atoms. The molecule has 7 nitrogen and oxygen atoms in total. The van der Waals surface area contributed by atoms with Gasteiger partial charge in [0.15, 0.2) is 15.7 Å². The van der Waals surface area contributed by atoms with Crippen LogP contribution in [0.25, 0.3) is 11.4 Å². The third kappa shape index (κ3) is 4.04. The van der Waals surface area contributed by atoms with E-state index >= 15 is 0 Å². The van der Waals surface area contributed by atoms with E-state index < -0.39 is 21.2 Å². The van der Waals surface area contributed by atoms with E-state index in [0.29, 0.717) is 38.4 Å². The maximum absolute atomic E-state index is 12.4. The number of carbonyl (C=O) groups is 1. The zero-order valence-electron chi connectivity index (χ0n) is 16.5. The monoisotopic (exact) mass is 415 g/mol. The number of nitrogens with zero attached hydrogens (tertiary/aromatic N) is 3. The highest BCUT2D eigenvalue weighted by molar-refractivity contribution is 7.92. The number of amides is 1. The van der Waals surface area contributed by atoms with Crippen molar-refractivity contribution in [3.8, 4) is 11.4 Å². The molecule has 0 N–H and O–H groups in total. The molecule has 0 radical (unpaired) electrons. The molecule has 3 heterocycles. The Balaban J connectivity index is 1.56. The molecule has 8 heteroatoms. The van der Waals surface area contributed by atoms with Crippen molar-refractivity contribution in [2.75, 3.05) is 31.2 Å². The third-order valence-electron chi connectivity index (χ3n) is 5.78. The summed E-state index contributed by atoms with van der Waals surface area (Å²) < 4.78 is 29.8. The van der Waals surface area contributed by atoms with Gasteiger partial charge in [0.1, 0.15) is 11.4 Å². The molecular weight excluding hydrogens is 390 g/mol. The Morgan fingerprint density at radius 1 is 1.21 bits per heavy atom. The summed E-state index contributed by atoms with van der Waals surface area (Å²) in [6.45, 7) is 3.08. The van der Waals surface area contributed by atoms with Crippen LogP contribution in [0.15, 0.2) is 36.5 Å². The van der Waals surface area contributed by atoms with Crippen LogP contribution < -0.4 is 0 Å². The van der Waals surface area contributed by atoms with Gasteiger partial charge < -0.3 is 9.64 Å². The first kappa shape index (κ1) is 20.0. The number of sulfone groups is 1. The van der Waals surface area contributed by atoms with Crippen molar-refractivity contribution in [1.29, 1.82) is 0 Å². The summed E-state index contributed by atoms with van der Waals surface area (Å²) in [5.74, 6) is -0.104. The van der Waals surface area contributed by atoms with Crippen molar-refractivity contribution in [2.45, 2.75) is 31.8 Å². The number of aromatic nitrogens is 2. The standard InChI is InChI=1S/C21H25N3O4S/c1-2-29(26,27)15-18(25)24-11-9-21(10-12-24)19-17(8-13-28-21)14-22-20(23-19)16-6-4-3-5-7-16/h3-7,14H,2,8-13,15H2,1H3. The minimum Gasteiger partial charge on any atom is -0.368 e. The van der Waals surface area contributed by atoms with Crippen LogP contribution in [0.5, 0.6) is 0 Å². The second-order valence-corrected chi connectivity index (χ2v) is 9.94. The van der Waals surface area contributed by atoms with Gasteiger partial charge in [0.25, 0.3) is 0 Å². The molecule has 0 saturated carbocycles. The van der Waals surface area contributed by atoms with Crippen molar-refractivity contribution in [1.82, 2.24) is 14.9 Å². The van der Waals surface area contributed by atoms with Crippen molar-refractivity contribution in [3.05, 3.63) is 47.8 Å². The van der Waals surface area contributed by atoms with Crippen LogP contribution in [0, 0.1) is 0 Å². The van der Waals surface area contributed by atoms with E-state index in [0.717, 1.165) is 23.2 Å². The Hall–Kier alpha value is -2.32. The molecule has 1 amide bonds. The SMILES string of the molecule is CCS(=O)(=O)CC(=O)N1CCC2(CC1)OCCc1cnc(-c3ccccc3)nc12. The van der Waals surface area contributed by atoms with E-state index in [1.165, 1.54) is 0 Å². The number of carbonyl (C=O) groups excluding carboxylic acids is 1. The molecule has 4 rings (SSSR count). The van der Waals surface area contributed by atoms with Crippen LogP contribution in [-0.2, 0) is 31.4 Å². The van der Waals surface area contributed by atoms with Crippen LogP contribution in [0.3, 0.4) is 0 Å². The number of likely N-dealkylation sites (tertiary alicyclic amines) is 1. The van der Waals surface area contributed by atoms with E-state index in [1.807, 2.05) is 36.5 Å². The summed E-state index contributed by atoms with van der Waals surface area (Å²) in [6, 6.07) is 9.83. The summed E-state index contributed by atoms with van der Waals surface area (Å²) >= 11 is 0. The minimum absolute atomic E-state index is 0.0216. The first-order chi connectivity index (χ1) is 13.9. The summed E-state index contributed by atoms with van der Waals surface area (Å²) in [4.78, 5) is 23.4. The first-order valence-electron chi connectivity index (χ1n) is 9.96. The minimum atomic E-state index is -3.33. The zero-order chi connectivity index (χ0) is 20.5. The van der Waals surface area contributed by atoms with Crippen LogP contribution in [0.1, 0.15) is 31.0 Å². The Labute approximate surface area is 171 Å². The van der Waals surface area contributed by atoms with E-state index in [9.17, 15) is 13.2 Å². The van der Waals surface area contributed by atoms with Gasteiger partial charge in [-0.3, -0.25) is 4.79 Å². The third-order valence-corrected chi connectivity index (χ3v) is 7.35. The fraction of sp³-hybridized carbons (Fsp3) is 0.476. The lowest BCUT2D eigenvalue weighted by molar-refractivity contribution is -0.138. The van der Waals surface area contributed by atoms with E-state index in [1.54, 1.807) is 11.8 Å². The molecule has 0 atom stereocenters. The molecule has 1 aromatic heterocycles. The molecule has 2 aliphatic heterocycles. The Morgan fingerprint density at radius 3 is 2.62 bits per heavy atom. The maximum atomic E-state index is 12.4. The van der Waals surface area contributed by atoms with Crippen LogP contribution in [0.4, 0.5) is 0 Å². The molecule has 1 saturated heterocycles. The predicted molar refractivity (Wildman–Crippen MR) is 109 cm³/mol. The topological polar surface area (TPSA) is 89.5 Å². The number of fused-ring (bicyclic) bond motifs is 2. The number of rotatable bonds is 4. The van der Waals surface area contributed by atoms with Crippen molar-refractivity contribution < 1.29 is 17.9 Å². The predicted octanol–water partition coefficient (Wildman–Crippen LogP) is 1.97. The lowest BCUT2D eigenvalue weighted by Gasteiger charge is -2.44. The number of piperidine rings is 1. The Kier molecular flexibility index (Phi) is 5.40. The molecule has 0 unspecified atom stereocenters. The fourth-order valence-electron chi connectivity index (χ4n) is 4.02.